The molecule has 1 aliphatic rings. The molecule has 19 heavy (non-hydrogen) atoms. The van der Waals surface area contributed by atoms with Gasteiger partial charge >= 0.3 is 0 Å². The maximum atomic E-state index is 11.6. The average molecular weight is 262 g/mol. The van der Waals surface area contributed by atoms with Crippen molar-refractivity contribution < 1.29 is 9.53 Å². The van der Waals surface area contributed by atoms with Gasteiger partial charge in [-0.05, 0) is 49.4 Å². The highest BCUT2D eigenvalue weighted by molar-refractivity contribution is 5.77. The Balaban J connectivity index is 1.60. The molecule has 0 spiro atoms. The van der Waals surface area contributed by atoms with Crippen LogP contribution in [0.5, 0.6) is 5.75 Å². The molecule has 1 aromatic carbocycles. The number of carbonyl (C=O) groups excluding carboxylic acids is 1. The predicted octanol–water partition coefficient (Wildman–Crippen LogP) is 1.35. The van der Waals surface area contributed by atoms with Crippen LogP contribution in [0, 0.1) is 5.92 Å². The Bertz CT molecular complexity index is 416. The summed E-state index contributed by atoms with van der Waals surface area (Å²) in [6.07, 6.45) is 3.44. The van der Waals surface area contributed by atoms with Crippen LogP contribution in [0.3, 0.4) is 0 Å². The number of methoxy groups -OCH3 is 1. The van der Waals surface area contributed by atoms with Crippen LogP contribution in [0.2, 0.25) is 0 Å². The highest BCUT2D eigenvalue weighted by atomic mass is 16.5. The van der Waals surface area contributed by atoms with E-state index in [0.717, 1.165) is 24.6 Å². The Morgan fingerprint density at radius 2 is 2.26 bits per heavy atom. The molecule has 2 rings (SSSR count). The van der Waals surface area contributed by atoms with E-state index in [9.17, 15) is 4.79 Å². The highest BCUT2D eigenvalue weighted by Crippen LogP contribution is 2.27. The van der Waals surface area contributed by atoms with Gasteiger partial charge in [0.25, 0.3) is 0 Å². The first-order chi connectivity index (χ1) is 9.28. The van der Waals surface area contributed by atoms with E-state index in [0.29, 0.717) is 13.1 Å². The molecule has 0 bridgehead atoms. The predicted molar refractivity (Wildman–Crippen MR) is 75.3 cm³/mol. The van der Waals surface area contributed by atoms with Gasteiger partial charge in [-0.25, -0.2) is 0 Å². The lowest BCUT2D eigenvalue weighted by atomic mass is 10.1. The fraction of sp³-hybridized carbons (Fsp3) is 0.533. The van der Waals surface area contributed by atoms with Crippen molar-refractivity contribution in [3.8, 4) is 5.75 Å². The van der Waals surface area contributed by atoms with Crippen molar-refractivity contribution >= 4 is 5.91 Å². The fourth-order valence-electron chi connectivity index (χ4n) is 1.95. The second-order valence-electron chi connectivity index (χ2n) is 5.03. The molecule has 1 saturated carbocycles. The largest absolute Gasteiger partial charge is 0.497 e. The minimum absolute atomic E-state index is 0.0727. The van der Waals surface area contributed by atoms with Crippen molar-refractivity contribution in [2.75, 3.05) is 26.7 Å². The van der Waals surface area contributed by atoms with Crippen LogP contribution >= 0.6 is 0 Å². The normalized spacial score (nSPS) is 14.2. The van der Waals surface area contributed by atoms with Gasteiger partial charge in [0, 0.05) is 6.54 Å². The summed E-state index contributed by atoms with van der Waals surface area (Å²) >= 11 is 0. The molecule has 0 saturated heterocycles. The second-order valence-corrected chi connectivity index (χ2v) is 5.03. The summed E-state index contributed by atoms with van der Waals surface area (Å²) < 4.78 is 5.17. The number of rotatable bonds is 8. The molecule has 1 fully saturated rings. The summed E-state index contributed by atoms with van der Waals surface area (Å²) in [5.41, 5.74) is 1.17. The standard InChI is InChI=1S/C15H22N2O2/c1-19-14-4-2-3-12(9-14)7-8-17-15(18)11-16-10-13-5-6-13/h2-4,9,13,16H,5-8,10-11H2,1H3,(H,17,18). The molecule has 1 aromatic rings. The van der Waals surface area contributed by atoms with Gasteiger partial charge < -0.3 is 15.4 Å². The molecule has 1 aliphatic carbocycles. The number of benzene rings is 1. The minimum Gasteiger partial charge on any atom is -0.497 e. The molecule has 0 radical (unpaired) electrons. The lowest BCUT2D eigenvalue weighted by Crippen LogP contribution is -2.35. The SMILES string of the molecule is COc1cccc(CCNC(=O)CNCC2CC2)c1. The maximum absolute atomic E-state index is 11.6. The molecule has 0 heterocycles. The van der Waals surface area contributed by atoms with Crippen molar-refractivity contribution in [3.05, 3.63) is 29.8 Å². The van der Waals surface area contributed by atoms with Gasteiger partial charge in [0.05, 0.1) is 13.7 Å². The Morgan fingerprint density at radius 1 is 1.42 bits per heavy atom. The summed E-state index contributed by atoms with van der Waals surface area (Å²) in [5.74, 6) is 1.74. The van der Waals surface area contributed by atoms with Crippen LogP contribution in [-0.4, -0.2) is 32.7 Å². The maximum Gasteiger partial charge on any atom is 0.233 e. The van der Waals surface area contributed by atoms with E-state index in [-0.39, 0.29) is 5.91 Å². The summed E-state index contributed by atoms with van der Waals surface area (Å²) in [7, 11) is 1.66. The van der Waals surface area contributed by atoms with Gasteiger partial charge in [0.1, 0.15) is 5.75 Å². The lowest BCUT2D eigenvalue weighted by Gasteiger charge is -2.07. The molecule has 2 N–H and O–H groups in total. The lowest BCUT2D eigenvalue weighted by molar-refractivity contribution is -0.120. The first kappa shape index (κ1) is 13.9. The van der Waals surface area contributed by atoms with Gasteiger partial charge in [-0.1, -0.05) is 12.1 Å². The summed E-state index contributed by atoms with van der Waals surface area (Å²) in [4.78, 5) is 11.6. The highest BCUT2D eigenvalue weighted by Gasteiger charge is 2.20. The van der Waals surface area contributed by atoms with Gasteiger partial charge in [0.15, 0.2) is 0 Å². The van der Waals surface area contributed by atoms with Crippen LogP contribution < -0.4 is 15.4 Å². The monoisotopic (exact) mass is 262 g/mol. The summed E-state index contributed by atoms with van der Waals surface area (Å²) in [6.45, 7) is 2.06. The zero-order valence-corrected chi connectivity index (χ0v) is 11.4. The molecule has 4 heteroatoms. The number of ether oxygens (including phenoxy) is 1. The van der Waals surface area contributed by atoms with Crippen LogP contribution in [0.1, 0.15) is 18.4 Å². The number of nitrogens with one attached hydrogen (secondary N) is 2. The van der Waals surface area contributed by atoms with Crippen molar-refractivity contribution in [2.24, 2.45) is 5.92 Å². The van der Waals surface area contributed by atoms with E-state index in [4.69, 9.17) is 4.74 Å². The van der Waals surface area contributed by atoms with E-state index in [1.165, 1.54) is 18.4 Å². The number of amides is 1. The molecular formula is C15H22N2O2. The molecule has 0 aromatic heterocycles. The Hall–Kier alpha value is -1.55. The topological polar surface area (TPSA) is 50.4 Å². The van der Waals surface area contributed by atoms with Crippen LogP contribution in [0.15, 0.2) is 24.3 Å². The van der Waals surface area contributed by atoms with Gasteiger partial charge in [0.2, 0.25) is 5.91 Å². The van der Waals surface area contributed by atoms with Gasteiger partial charge in [-0.3, -0.25) is 4.79 Å². The summed E-state index contributed by atoms with van der Waals surface area (Å²) in [6, 6.07) is 7.93. The van der Waals surface area contributed by atoms with E-state index < -0.39 is 0 Å². The first-order valence-corrected chi connectivity index (χ1v) is 6.88. The van der Waals surface area contributed by atoms with Crippen molar-refractivity contribution in [2.45, 2.75) is 19.3 Å². The van der Waals surface area contributed by atoms with E-state index >= 15 is 0 Å². The quantitative estimate of drug-likeness (QED) is 0.743. The van der Waals surface area contributed by atoms with Crippen LogP contribution in [0.4, 0.5) is 0 Å². The third-order valence-corrected chi connectivity index (χ3v) is 3.29. The third-order valence-electron chi connectivity index (χ3n) is 3.29. The van der Waals surface area contributed by atoms with Crippen molar-refractivity contribution in [1.82, 2.24) is 10.6 Å². The smallest absolute Gasteiger partial charge is 0.233 e. The molecule has 0 aliphatic heterocycles. The average Bonchev–Trinajstić information content (AvgIpc) is 3.23. The first-order valence-electron chi connectivity index (χ1n) is 6.88. The number of hydrogen-bond donors (Lipinski definition) is 2. The zero-order chi connectivity index (χ0) is 13.5. The van der Waals surface area contributed by atoms with Crippen molar-refractivity contribution in [3.63, 3.8) is 0 Å². The zero-order valence-electron chi connectivity index (χ0n) is 11.4. The molecular weight excluding hydrogens is 240 g/mol. The number of hydrogen-bond acceptors (Lipinski definition) is 3. The van der Waals surface area contributed by atoms with Crippen LogP contribution in [-0.2, 0) is 11.2 Å². The molecule has 104 valence electrons. The Kier molecular flexibility index (Phi) is 5.21. The summed E-state index contributed by atoms with van der Waals surface area (Å²) in [5, 5.41) is 6.10. The second kappa shape index (κ2) is 7.14. The van der Waals surface area contributed by atoms with E-state index in [1.54, 1.807) is 7.11 Å². The Morgan fingerprint density at radius 3 is 3.00 bits per heavy atom. The van der Waals surface area contributed by atoms with E-state index in [1.807, 2.05) is 24.3 Å². The fourth-order valence-corrected chi connectivity index (χ4v) is 1.95. The van der Waals surface area contributed by atoms with Crippen LogP contribution in [0.25, 0.3) is 0 Å². The minimum atomic E-state index is 0.0727. The van der Waals surface area contributed by atoms with Gasteiger partial charge in [-0.15, -0.1) is 0 Å². The van der Waals surface area contributed by atoms with E-state index in [2.05, 4.69) is 10.6 Å². The third kappa shape index (κ3) is 5.30. The van der Waals surface area contributed by atoms with Gasteiger partial charge in [-0.2, -0.15) is 0 Å². The molecule has 4 nitrogen and oxygen atoms in total. The number of carbonyl (C=O) groups is 1. The molecule has 0 atom stereocenters. The molecule has 0 unspecified atom stereocenters. The Labute approximate surface area is 114 Å². The molecule has 1 amide bonds. The van der Waals surface area contributed by atoms with Crippen molar-refractivity contribution in [1.29, 1.82) is 0 Å².